The van der Waals surface area contributed by atoms with Crippen molar-refractivity contribution < 1.29 is 0 Å². The fraction of sp³-hybridized carbons (Fsp3) is 0.818. The lowest BCUT2D eigenvalue weighted by molar-refractivity contribution is 0.366. The number of rotatable bonds is 6. The molecule has 0 aromatic heterocycles. The molecule has 3 nitrogen and oxygen atoms in total. The molecule has 0 aliphatic carbocycles. The van der Waals surface area contributed by atoms with E-state index in [-0.39, 0.29) is 0 Å². The van der Waals surface area contributed by atoms with Crippen molar-refractivity contribution in [1.29, 1.82) is 0 Å². The van der Waals surface area contributed by atoms with Gasteiger partial charge in [-0.25, -0.2) is 0 Å². The van der Waals surface area contributed by atoms with Gasteiger partial charge in [0.2, 0.25) is 0 Å². The summed E-state index contributed by atoms with van der Waals surface area (Å²) in [5.74, 6) is 0.427. The van der Waals surface area contributed by atoms with E-state index in [2.05, 4.69) is 41.4 Å². The average molecular weight is 256 g/mol. The molecule has 1 rings (SSSR count). The van der Waals surface area contributed by atoms with Gasteiger partial charge in [0.1, 0.15) is 0 Å². The standard InChI is InChI=1S/C11H25N3Si2/c1-15(2)9-13-11(16(3)4)14-10-6-5-7-12-8-10/h10-14H,1,3,5-9H2,2,4H3. The second kappa shape index (κ2) is 7.39. The normalized spacial score (nSPS) is 22.8. The van der Waals surface area contributed by atoms with E-state index in [1.165, 1.54) is 19.4 Å². The summed E-state index contributed by atoms with van der Waals surface area (Å²) in [6, 6.07) is 0.616. The van der Waals surface area contributed by atoms with Gasteiger partial charge in [0.15, 0.2) is 0 Å². The quantitative estimate of drug-likeness (QED) is 0.446. The van der Waals surface area contributed by atoms with E-state index in [1.807, 2.05) is 0 Å². The lowest BCUT2D eigenvalue weighted by Crippen LogP contribution is -2.57. The van der Waals surface area contributed by atoms with Crippen molar-refractivity contribution in [2.75, 3.05) is 19.3 Å². The van der Waals surface area contributed by atoms with Gasteiger partial charge < -0.3 is 10.6 Å². The summed E-state index contributed by atoms with van der Waals surface area (Å²) in [5.41, 5.74) is 0. The molecule has 0 aromatic carbocycles. The zero-order valence-corrected chi connectivity index (χ0v) is 12.6. The summed E-state index contributed by atoms with van der Waals surface area (Å²) in [5, 5.41) is 10.7. The number of hydrogen-bond donors (Lipinski definition) is 3. The van der Waals surface area contributed by atoms with Gasteiger partial charge in [0.25, 0.3) is 0 Å². The van der Waals surface area contributed by atoms with Crippen molar-refractivity contribution in [2.24, 2.45) is 0 Å². The molecule has 1 fully saturated rings. The topological polar surface area (TPSA) is 36.1 Å². The third kappa shape index (κ3) is 5.40. The minimum Gasteiger partial charge on any atom is -0.315 e. The SMILES string of the molecule is C=[Si](C)CNC(NC1CCCNC1)[Si](=C)C. The molecule has 1 aliphatic rings. The van der Waals surface area contributed by atoms with E-state index in [4.69, 9.17) is 0 Å². The molecule has 2 unspecified atom stereocenters. The van der Waals surface area contributed by atoms with Crippen LogP contribution < -0.4 is 16.0 Å². The Morgan fingerprint density at radius 2 is 2.19 bits per heavy atom. The van der Waals surface area contributed by atoms with E-state index in [0.29, 0.717) is 11.8 Å². The molecule has 0 saturated carbocycles. The van der Waals surface area contributed by atoms with E-state index in [9.17, 15) is 0 Å². The molecule has 0 amide bonds. The van der Waals surface area contributed by atoms with Crippen molar-refractivity contribution >= 4 is 29.2 Å². The smallest absolute Gasteiger partial charge is 0.0609 e. The second-order valence-electron chi connectivity index (χ2n) is 4.83. The molecule has 1 saturated heterocycles. The molecule has 2 atom stereocenters. The van der Waals surface area contributed by atoms with Crippen molar-refractivity contribution in [1.82, 2.24) is 16.0 Å². The summed E-state index contributed by atoms with van der Waals surface area (Å²) in [6.45, 7) is 6.77. The zero-order valence-electron chi connectivity index (χ0n) is 10.6. The summed E-state index contributed by atoms with van der Waals surface area (Å²) < 4.78 is 0. The summed E-state index contributed by atoms with van der Waals surface area (Å²) in [6.07, 6.45) is 12.0. The Morgan fingerprint density at radius 1 is 1.44 bits per heavy atom. The maximum atomic E-state index is 4.23. The van der Waals surface area contributed by atoms with Gasteiger partial charge in [-0.1, -0.05) is 13.1 Å². The average Bonchev–Trinajstić information content (AvgIpc) is 2.25. The fourth-order valence-electron chi connectivity index (χ4n) is 1.88. The highest BCUT2D eigenvalue weighted by Crippen LogP contribution is 2.01. The minimum atomic E-state index is -0.579. The van der Waals surface area contributed by atoms with E-state index >= 15 is 0 Å². The Morgan fingerprint density at radius 3 is 2.69 bits per heavy atom. The highest BCUT2D eigenvalue weighted by molar-refractivity contribution is 6.63. The van der Waals surface area contributed by atoms with Gasteiger partial charge in [0, 0.05) is 35.6 Å². The highest BCUT2D eigenvalue weighted by atomic mass is 28.2. The molecule has 5 heteroatoms. The first-order valence-electron chi connectivity index (χ1n) is 6.09. The molecule has 1 heterocycles. The molecular weight excluding hydrogens is 230 g/mol. The number of piperidine rings is 1. The van der Waals surface area contributed by atoms with Gasteiger partial charge in [-0.05, 0) is 19.4 Å². The Bertz CT molecular complexity index is 250. The van der Waals surface area contributed by atoms with Gasteiger partial charge in [0.05, 0.1) is 5.79 Å². The molecule has 0 bridgehead atoms. The largest absolute Gasteiger partial charge is 0.315 e. The molecular formula is C11H25N3Si2. The maximum Gasteiger partial charge on any atom is 0.0609 e. The Kier molecular flexibility index (Phi) is 6.52. The molecule has 0 aromatic rings. The molecule has 1 aliphatic heterocycles. The predicted molar refractivity (Wildman–Crippen MR) is 78.3 cm³/mol. The summed E-state index contributed by atoms with van der Waals surface area (Å²) in [7, 11) is -1.01. The Labute approximate surface area is 102 Å². The van der Waals surface area contributed by atoms with Crippen LogP contribution in [0.1, 0.15) is 12.8 Å². The monoisotopic (exact) mass is 255 g/mol. The van der Waals surface area contributed by atoms with Crippen molar-refractivity contribution in [3.8, 4) is 0 Å². The number of hydrogen-bond acceptors (Lipinski definition) is 3. The van der Waals surface area contributed by atoms with Crippen LogP contribution in [0.2, 0.25) is 13.1 Å². The third-order valence-corrected chi connectivity index (χ3v) is 4.96. The first-order valence-corrected chi connectivity index (χ1v) is 10.8. The summed E-state index contributed by atoms with van der Waals surface area (Å²) in [4.78, 5) is 0. The minimum absolute atomic E-state index is 0.427. The predicted octanol–water partition coefficient (Wildman–Crippen LogP) is -0.401. The van der Waals surface area contributed by atoms with Crippen LogP contribution in [0.5, 0.6) is 0 Å². The van der Waals surface area contributed by atoms with Crippen LogP contribution in [-0.2, 0) is 0 Å². The highest BCUT2D eigenvalue weighted by Gasteiger charge is 2.17. The lowest BCUT2D eigenvalue weighted by atomic mass is 10.1. The Hall–Kier alpha value is 0.0538. The Balaban J connectivity index is 2.37. The van der Waals surface area contributed by atoms with Crippen LogP contribution in [-0.4, -0.2) is 60.3 Å². The van der Waals surface area contributed by atoms with Crippen LogP contribution in [0.4, 0.5) is 0 Å². The van der Waals surface area contributed by atoms with Crippen molar-refractivity contribution in [3.63, 3.8) is 0 Å². The summed E-state index contributed by atoms with van der Waals surface area (Å²) >= 11 is 0. The van der Waals surface area contributed by atoms with E-state index in [0.717, 1.165) is 12.7 Å². The maximum absolute atomic E-state index is 4.23. The van der Waals surface area contributed by atoms with Gasteiger partial charge >= 0.3 is 0 Å². The van der Waals surface area contributed by atoms with Crippen LogP contribution in [0.15, 0.2) is 0 Å². The van der Waals surface area contributed by atoms with Crippen LogP contribution in [0.3, 0.4) is 0 Å². The third-order valence-electron chi connectivity index (χ3n) is 2.80. The van der Waals surface area contributed by atoms with Crippen LogP contribution in [0.25, 0.3) is 0 Å². The number of nitrogens with one attached hydrogen (secondary N) is 3. The first-order chi connectivity index (χ1) is 7.59. The van der Waals surface area contributed by atoms with Crippen molar-refractivity contribution in [2.45, 2.75) is 37.8 Å². The van der Waals surface area contributed by atoms with Gasteiger partial charge in [-0.2, -0.15) is 0 Å². The zero-order chi connectivity index (χ0) is 12.0. The lowest BCUT2D eigenvalue weighted by Gasteiger charge is -2.30. The second-order valence-corrected chi connectivity index (χ2v) is 9.37. The first kappa shape index (κ1) is 14.1. The van der Waals surface area contributed by atoms with E-state index < -0.39 is 16.8 Å². The molecule has 92 valence electrons. The fourth-order valence-corrected chi connectivity index (χ4v) is 3.61. The van der Waals surface area contributed by atoms with Crippen LogP contribution >= 0.6 is 0 Å². The molecule has 0 radical (unpaired) electrons. The van der Waals surface area contributed by atoms with Gasteiger partial charge in [-0.3, -0.25) is 5.32 Å². The molecule has 16 heavy (non-hydrogen) atoms. The van der Waals surface area contributed by atoms with Crippen LogP contribution in [0, 0.1) is 0 Å². The molecule has 3 N–H and O–H groups in total. The van der Waals surface area contributed by atoms with E-state index in [1.54, 1.807) is 0 Å². The van der Waals surface area contributed by atoms with Gasteiger partial charge in [-0.15, -0.1) is 12.3 Å². The van der Waals surface area contributed by atoms with Crippen molar-refractivity contribution in [3.05, 3.63) is 0 Å². The molecule has 0 spiro atoms.